The van der Waals surface area contributed by atoms with E-state index in [0.29, 0.717) is 6.04 Å². The molecule has 2 atom stereocenters. The predicted octanol–water partition coefficient (Wildman–Crippen LogP) is 2.27. The van der Waals surface area contributed by atoms with Gasteiger partial charge >= 0.3 is 0 Å². The molecule has 0 aromatic carbocycles. The van der Waals surface area contributed by atoms with E-state index < -0.39 is 0 Å². The molecule has 0 spiro atoms. The number of nitrogens with zero attached hydrogens (tertiary/aromatic N) is 1. The average molecular weight is 266 g/mol. The van der Waals surface area contributed by atoms with Crippen LogP contribution in [-0.2, 0) is 4.74 Å². The molecule has 3 nitrogen and oxygen atoms in total. The first kappa shape index (κ1) is 13.8. The van der Waals surface area contributed by atoms with E-state index in [9.17, 15) is 0 Å². The van der Waals surface area contributed by atoms with Crippen molar-refractivity contribution in [2.75, 3.05) is 32.8 Å². The molecule has 2 saturated carbocycles. The fourth-order valence-electron chi connectivity index (χ4n) is 3.28. The lowest BCUT2D eigenvalue weighted by Gasteiger charge is -2.31. The van der Waals surface area contributed by atoms with Gasteiger partial charge in [-0.3, -0.25) is 4.90 Å². The van der Waals surface area contributed by atoms with Crippen LogP contribution in [0.3, 0.4) is 0 Å². The monoisotopic (exact) mass is 266 g/mol. The molecule has 2 aliphatic carbocycles. The molecule has 3 fully saturated rings. The van der Waals surface area contributed by atoms with E-state index in [1.807, 2.05) is 0 Å². The normalized spacial score (nSPS) is 29.1. The van der Waals surface area contributed by atoms with Gasteiger partial charge in [0.25, 0.3) is 0 Å². The fourth-order valence-corrected chi connectivity index (χ4v) is 3.28. The maximum atomic E-state index is 5.61. The van der Waals surface area contributed by atoms with Crippen LogP contribution in [0.25, 0.3) is 0 Å². The van der Waals surface area contributed by atoms with Crippen molar-refractivity contribution in [3.05, 3.63) is 0 Å². The van der Waals surface area contributed by atoms with Gasteiger partial charge in [0.05, 0.1) is 6.61 Å². The predicted molar refractivity (Wildman–Crippen MR) is 78.3 cm³/mol. The summed E-state index contributed by atoms with van der Waals surface area (Å²) in [5, 5.41) is 3.80. The highest BCUT2D eigenvalue weighted by molar-refractivity contribution is 4.92. The highest BCUT2D eigenvalue weighted by atomic mass is 16.5. The molecule has 110 valence electrons. The Kier molecular flexibility index (Phi) is 4.78. The molecule has 3 aliphatic rings. The van der Waals surface area contributed by atoms with Crippen LogP contribution in [0.2, 0.25) is 0 Å². The van der Waals surface area contributed by atoms with Gasteiger partial charge in [-0.15, -0.1) is 0 Å². The molecule has 3 rings (SSSR count). The maximum absolute atomic E-state index is 5.61. The number of nitrogens with one attached hydrogen (secondary N) is 1. The highest BCUT2D eigenvalue weighted by Gasteiger charge is 2.36. The topological polar surface area (TPSA) is 24.5 Å². The van der Waals surface area contributed by atoms with E-state index in [1.165, 1.54) is 51.6 Å². The Morgan fingerprint density at radius 3 is 2.63 bits per heavy atom. The van der Waals surface area contributed by atoms with Crippen LogP contribution in [-0.4, -0.2) is 49.8 Å². The molecule has 0 bridgehead atoms. The zero-order valence-electron chi connectivity index (χ0n) is 12.4. The summed E-state index contributed by atoms with van der Waals surface area (Å²) >= 11 is 0. The van der Waals surface area contributed by atoms with Crippen LogP contribution in [0.4, 0.5) is 0 Å². The molecule has 0 radical (unpaired) electrons. The van der Waals surface area contributed by atoms with Crippen molar-refractivity contribution in [3.63, 3.8) is 0 Å². The minimum atomic E-state index is 0.654. The van der Waals surface area contributed by atoms with Crippen molar-refractivity contribution in [2.45, 2.75) is 57.5 Å². The fraction of sp³-hybridized carbons (Fsp3) is 1.00. The van der Waals surface area contributed by atoms with Crippen LogP contribution >= 0.6 is 0 Å². The lowest BCUT2D eigenvalue weighted by Crippen LogP contribution is -2.47. The third-order valence-electron chi connectivity index (χ3n) is 4.87. The van der Waals surface area contributed by atoms with Crippen molar-refractivity contribution in [2.24, 2.45) is 11.8 Å². The van der Waals surface area contributed by atoms with Crippen molar-refractivity contribution in [1.82, 2.24) is 10.2 Å². The van der Waals surface area contributed by atoms with Gasteiger partial charge in [-0.05, 0) is 51.0 Å². The van der Waals surface area contributed by atoms with E-state index >= 15 is 0 Å². The Hall–Kier alpha value is -0.120. The molecule has 0 aromatic heterocycles. The summed E-state index contributed by atoms with van der Waals surface area (Å²) < 4.78 is 5.61. The van der Waals surface area contributed by atoms with E-state index in [2.05, 4.69) is 17.1 Å². The van der Waals surface area contributed by atoms with Crippen LogP contribution < -0.4 is 5.32 Å². The van der Waals surface area contributed by atoms with Gasteiger partial charge in [0.1, 0.15) is 0 Å². The zero-order chi connectivity index (χ0) is 13.1. The third-order valence-corrected chi connectivity index (χ3v) is 4.87. The molecular weight excluding hydrogens is 236 g/mol. The molecule has 0 amide bonds. The average Bonchev–Trinajstić information content (AvgIpc) is 3.33. The highest BCUT2D eigenvalue weighted by Crippen LogP contribution is 2.35. The van der Waals surface area contributed by atoms with E-state index in [0.717, 1.165) is 37.6 Å². The minimum absolute atomic E-state index is 0.654. The molecule has 1 aliphatic heterocycles. The van der Waals surface area contributed by atoms with Crippen molar-refractivity contribution >= 4 is 0 Å². The SMILES string of the molecule is CCCNC(CN(CC1CC1)C1CC1)C1CCOC1. The van der Waals surface area contributed by atoms with Crippen LogP contribution in [0, 0.1) is 11.8 Å². The van der Waals surface area contributed by atoms with Crippen molar-refractivity contribution in [3.8, 4) is 0 Å². The van der Waals surface area contributed by atoms with Gasteiger partial charge in [0.2, 0.25) is 0 Å². The zero-order valence-corrected chi connectivity index (χ0v) is 12.4. The van der Waals surface area contributed by atoms with Gasteiger partial charge in [0.15, 0.2) is 0 Å². The summed E-state index contributed by atoms with van der Waals surface area (Å²) in [6, 6.07) is 1.57. The Bertz CT molecular complexity index is 270. The summed E-state index contributed by atoms with van der Waals surface area (Å²) in [6.07, 6.45) is 8.31. The first-order valence-corrected chi connectivity index (χ1v) is 8.42. The molecule has 1 saturated heterocycles. The number of hydrogen-bond acceptors (Lipinski definition) is 3. The van der Waals surface area contributed by atoms with Gasteiger partial charge in [-0.1, -0.05) is 6.92 Å². The summed E-state index contributed by atoms with van der Waals surface area (Å²) in [6.45, 7) is 7.99. The molecule has 0 aromatic rings. The van der Waals surface area contributed by atoms with Crippen molar-refractivity contribution < 1.29 is 4.74 Å². The second-order valence-corrected chi connectivity index (χ2v) is 6.81. The summed E-state index contributed by atoms with van der Waals surface area (Å²) in [5.74, 6) is 1.76. The van der Waals surface area contributed by atoms with Gasteiger partial charge < -0.3 is 10.1 Å². The van der Waals surface area contributed by atoms with Gasteiger partial charge in [-0.25, -0.2) is 0 Å². The minimum Gasteiger partial charge on any atom is -0.381 e. The third kappa shape index (κ3) is 4.17. The molecular formula is C16H30N2O. The van der Waals surface area contributed by atoms with Gasteiger partial charge in [-0.2, -0.15) is 0 Å². The Morgan fingerprint density at radius 1 is 1.21 bits per heavy atom. The molecule has 3 heteroatoms. The quantitative estimate of drug-likeness (QED) is 0.693. The van der Waals surface area contributed by atoms with Crippen LogP contribution in [0.5, 0.6) is 0 Å². The second kappa shape index (κ2) is 6.55. The Balaban J connectivity index is 1.53. The maximum Gasteiger partial charge on any atom is 0.0510 e. The van der Waals surface area contributed by atoms with Crippen molar-refractivity contribution in [1.29, 1.82) is 0 Å². The molecule has 2 unspecified atom stereocenters. The molecule has 1 heterocycles. The summed E-state index contributed by atoms with van der Waals surface area (Å²) in [7, 11) is 0. The number of rotatable bonds is 9. The first-order chi connectivity index (χ1) is 9.36. The van der Waals surface area contributed by atoms with Crippen LogP contribution in [0.15, 0.2) is 0 Å². The Morgan fingerprint density at radius 2 is 2.05 bits per heavy atom. The second-order valence-electron chi connectivity index (χ2n) is 6.81. The number of hydrogen-bond donors (Lipinski definition) is 1. The standard InChI is InChI=1S/C16H30N2O/c1-2-8-17-16(14-7-9-19-12-14)11-18(15-5-6-15)10-13-3-4-13/h13-17H,2-12H2,1H3. The summed E-state index contributed by atoms with van der Waals surface area (Å²) in [5.41, 5.74) is 0. The lowest BCUT2D eigenvalue weighted by molar-refractivity contribution is 0.156. The first-order valence-electron chi connectivity index (χ1n) is 8.42. The lowest BCUT2D eigenvalue weighted by atomic mass is 9.98. The number of ether oxygens (including phenoxy) is 1. The Labute approximate surface area is 118 Å². The summed E-state index contributed by atoms with van der Waals surface area (Å²) in [4.78, 5) is 2.79. The van der Waals surface area contributed by atoms with E-state index in [-0.39, 0.29) is 0 Å². The van der Waals surface area contributed by atoms with E-state index in [4.69, 9.17) is 4.74 Å². The smallest absolute Gasteiger partial charge is 0.0510 e. The largest absolute Gasteiger partial charge is 0.381 e. The van der Waals surface area contributed by atoms with Gasteiger partial charge in [0, 0.05) is 37.7 Å². The molecule has 1 N–H and O–H groups in total. The van der Waals surface area contributed by atoms with E-state index in [1.54, 1.807) is 0 Å². The van der Waals surface area contributed by atoms with Crippen LogP contribution in [0.1, 0.15) is 45.4 Å². The molecule has 19 heavy (non-hydrogen) atoms.